The van der Waals surface area contributed by atoms with Crippen molar-refractivity contribution in [2.45, 2.75) is 30.3 Å². The monoisotopic (exact) mass is 507 g/mol. The Morgan fingerprint density at radius 2 is 1.78 bits per heavy atom. The number of aryl methyl sites for hydroxylation is 1. The minimum Gasteiger partial charge on any atom is -0.468 e. The summed E-state index contributed by atoms with van der Waals surface area (Å²) in [6.45, 7) is 1.85. The molecule has 5 rings (SSSR count). The first kappa shape index (κ1) is 24.0. The number of esters is 1. The highest BCUT2D eigenvalue weighted by Gasteiger charge is 2.35. The summed E-state index contributed by atoms with van der Waals surface area (Å²) in [6, 6.07) is 17.3. The van der Waals surface area contributed by atoms with E-state index < -0.39 is 22.1 Å². The van der Waals surface area contributed by atoms with Crippen LogP contribution in [0.25, 0.3) is 10.9 Å². The van der Waals surface area contributed by atoms with Crippen molar-refractivity contribution in [2.24, 2.45) is 0 Å². The molecule has 3 aromatic carbocycles. The summed E-state index contributed by atoms with van der Waals surface area (Å²) < 4.78 is 46.4. The highest BCUT2D eigenvalue weighted by atomic mass is 32.2. The van der Waals surface area contributed by atoms with Crippen LogP contribution in [0.15, 0.2) is 71.6 Å². The van der Waals surface area contributed by atoms with E-state index in [2.05, 4.69) is 10.3 Å². The molecule has 2 unspecified atom stereocenters. The molecule has 36 heavy (non-hydrogen) atoms. The summed E-state index contributed by atoms with van der Waals surface area (Å²) in [5.41, 5.74) is 4.56. The number of ether oxygens (including phenoxy) is 1. The Morgan fingerprint density at radius 3 is 2.44 bits per heavy atom. The van der Waals surface area contributed by atoms with Gasteiger partial charge in [-0.1, -0.05) is 30.3 Å². The molecule has 7 nitrogen and oxygen atoms in total. The fourth-order valence-electron chi connectivity index (χ4n) is 4.93. The third-order valence-electron chi connectivity index (χ3n) is 6.74. The van der Waals surface area contributed by atoms with Gasteiger partial charge in [-0.3, -0.25) is 14.4 Å². The number of H-pyrrole nitrogens is 1. The molecule has 0 saturated carbocycles. The minimum atomic E-state index is -3.71. The second-order valence-corrected chi connectivity index (χ2v) is 10.9. The quantitative estimate of drug-likeness (QED) is 0.395. The van der Waals surface area contributed by atoms with E-state index in [-0.39, 0.29) is 16.7 Å². The molecule has 0 radical (unpaired) electrons. The number of carbonyl (C=O) groups is 1. The maximum Gasteiger partial charge on any atom is 0.323 e. The molecule has 2 atom stereocenters. The van der Waals surface area contributed by atoms with Crippen molar-refractivity contribution in [1.82, 2.24) is 10.3 Å². The lowest BCUT2D eigenvalue weighted by molar-refractivity contribution is -0.143. The molecule has 9 heteroatoms. The number of sulfonamides is 1. The first-order valence-corrected chi connectivity index (χ1v) is 12.9. The summed E-state index contributed by atoms with van der Waals surface area (Å²) in [7, 11) is -0.853. The van der Waals surface area contributed by atoms with Crippen molar-refractivity contribution in [2.75, 3.05) is 18.5 Å². The lowest BCUT2D eigenvalue weighted by Crippen LogP contribution is -2.45. The number of anilines is 1. The second kappa shape index (κ2) is 9.07. The van der Waals surface area contributed by atoms with Gasteiger partial charge in [0.05, 0.1) is 23.7 Å². The highest BCUT2D eigenvalue weighted by molar-refractivity contribution is 7.92. The Hall–Kier alpha value is -3.69. The fourth-order valence-corrected chi connectivity index (χ4v) is 6.14. The second-order valence-electron chi connectivity index (χ2n) is 8.92. The largest absolute Gasteiger partial charge is 0.468 e. The van der Waals surface area contributed by atoms with Crippen LogP contribution in [-0.2, 0) is 26.0 Å². The number of hydrogen-bond acceptors (Lipinski definition) is 5. The zero-order valence-electron chi connectivity index (χ0n) is 20.1. The standard InChI is InChI=1S/C27H26FN3O4S/c1-16-13-18(28)14-22-24(16)21-15-23(27(32)35-3)30-25(26(21)29-22)17-9-11-19(12-10-17)31(2)36(33,34)20-7-5-4-6-8-20/h4-14,23,25,29-30H,15H2,1-3H3. The van der Waals surface area contributed by atoms with E-state index in [1.165, 1.54) is 30.6 Å². The minimum absolute atomic E-state index is 0.205. The summed E-state index contributed by atoms with van der Waals surface area (Å²) in [4.78, 5) is 16.1. The van der Waals surface area contributed by atoms with E-state index in [4.69, 9.17) is 4.74 Å². The SMILES string of the molecule is COC(=O)C1Cc2c([nH]c3cc(F)cc(C)c23)C(c2ccc(N(C)S(=O)(=O)c3ccccc3)cc2)N1. The van der Waals surface area contributed by atoms with Crippen molar-refractivity contribution < 1.29 is 22.3 Å². The van der Waals surface area contributed by atoms with Crippen LogP contribution in [-0.4, -0.2) is 39.6 Å². The van der Waals surface area contributed by atoms with Crippen LogP contribution in [0.3, 0.4) is 0 Å². The van der Waals surface area contributed by atoms with Gasteiger partial charge in [-0.2, -0.15) is 0 Å². The molecular formula is C27H26FN3O4S. The smallest absolute Gasteiger partial charge is 0.323 e. The summed E-state index contributed by atoms with van der Waals surface area (Å²) in [5.74, 6) is -0.718. The zero-order chi connectivity index (χ0) is 25.6. The van der Waals surface area contributed by atoms with Crippen LogP contribution in [0.5, 0.6) is 0 Å². The van der Waals surface area contributed by atoms with Gasteiger partial charge in [-0.15, -0.1) is 0 Å². The van der Waals surface area contributed by atoms with Crippen LogP contribution in [0.1, 0.15) is 28.4 Å². The van der Waals surface area contributed by atoms with E-state index in [9.17, 15) is 17.6 Å². The molecule has 2 N–H and O–H groups in total. The third kappa shape index (κ3) is 4.04. The summed E-state index contributed by atoms with van der Waals surface area (Å²) in [6.07, 6.45) is 0.404. The van der Waals surface area contributed by atoms with Crippen molar-refractivity contribution in [1.29, 1.82) is 0 Å². The van der Waals surface area contributed by atoms with Gasteiger partial charge in [0.2, 0.25) is 0 Å². The van der Waals surface area contributed by atoms with Crippen molar-refractivity contribution in [3.8, 4) is 0 Å². The molecule has 1 aliphatic heterocycles. The molecule has 1 aromatic heterocycles. The van der Waals surface area contributed by atoms with Crippen LogP contribution in [0.4, 0.5) is 10.1 Å². The van der Waals surface area contributed by atoms with Crippen LogP contribution >= 0.6 is 0 Å². The van der Waals surface area contributed by atoms with Gasteiger partial charge in [0.15, 0.2) is 0 Å². The van der Waals surface area contributed by atoms with Gasteiger partial charge in [0, 0.05) is 30.1 Å². The maximum absolute atomic E-state index is 14.1. The van der Waals surface area contributed by atoms with Crippen LogP contribution in [0, 0.1) is 12.7 Å². The molecule has 2 heterocycles. The van der Waals surface area contributed by atoms with E-state index in [0.717, 1.165) is 27.8 Å². The van der Waals surface area contributed by atoms with E-state index in [1.54, 1.807) is 42.5 Å². The van der Waals surface area contributed by atoms with Crippen molar-refractivity contribution in [3.05, 3.63) is 94.9 Å². The lowest BCUT2D eigenvalue weighted by atomic mass is 9.89. The Bertz CT molecular complexity index is 1550. The number of aromatic amines is 1. The molecule has 0 bridgehead atoms. The average Bonchev–Trinajstić information content (AvgIpc) is 3.26. The van der Waals surface area contributed by atoms with E-state index >= 15 is 0 Å². The number of benzene rings is 3. The number of fused-ring (bicyclic) bond motifs is 3. The van der Waals surface area contributed by atoms with E-state index in [0.29, 0.717) is 17.6 Å². The highest BCUT2D eigenvalue weighted by Crippen LogP contribution is 2.37. The number of rotatable bonds is 5. The normalized spacial score (nSPS) is 17.6. The average molecular weight is 508 g/mol. The first-order chi connectivity index (χ1) is 17.2. The maximum atomic E-state index is 14.1. The van der Waals surface area contributed by atoms with Crippen molar-refractivity contribution >= 4 is 32.6 Å². The number of nitrogens with one attached hydrogen (secondary N) is 2. The predicted octanol–water partition coefficient (Wildman–Crippen LogP) is 4.22. The van der Waals surface area contributed by atoms with E-state index in [1.807, 2.05) is 19.1 Å². The van der Waals surface area contributed by atoms with Gasteiger partial charge >= 0.3 is 5.97 Å². The van der Waals surface area contributed by atoms with Crippen LogP contribution in [0.2, 0.25) is 0 Å². The molecule has 0 amide bonds. The summed E-state index contributed by atoms with van der Waals surface area (Å²) in [5, 5.41) is 4.25. The number of carbonyl (C=O) groups excluding carboxylic acids is 1. The third-order valence-corrected chi connectivity index (χ3v) is 8.54. The molecule has 4 aromatic rings. The van der Waals surface area contributed by atoms with Gasteiger partial charge in [-0.25, -0.2) is 12.8 Å². The first-order valence-electron chi connectivity index (χ1n) is 11.5. The number of nitrogens with zero attached hydrogens (tertiary/aromatic N) is 1. The molecule has 0 saturated heterocycles. The number of aromatic nitrogens is 1. The van der Waals surface area contributed by atoms with Gasteiger partial charge in [0.25, 0.3) is 10.0 Å². The Morgan fingerprint density at radius 1 is 1.08 bits per heavy atom. The molecular weight excluding hydrogens is 481 g/mol. The molecule has 186 valence electrons. The molecule has 0 fully saturated rings. The molecule has 1 aliphatic rings. The van der Waals surface area contributed by atoms with Gasteiger partial charge in [-0.05, 0) is 60.0 Å². The Balaban J connectivity index is 1.54. The lowest BCUT2D eigenvalue weighted by Gasteiger charge is -2.30. The predicted molar refractivity (Wildman–Crippen MR) is 136 cm³/mol. The van der Waals surface area contributed by atoms with Crippen LogP contribution < -0.4 is 9.62 Å². The number of halogens is 1. The number of hydrogen-bond donors (Lipinski definition) is 2. The molecule has 0 spiro atoms. The van der Waals surface area contributed by atoms with Gasteiger partial charge in [0.1, 0.15) is 11.9 Å². The molecule has 0 aliphatic carbocycles. The topological polar surface area (TPSA) is 91.5 Å². The Labute approximate surface area is 208 Å². The zero-order valence-corrected chi connectivity index (χ0v) is 20.9. The Kier molecular flexibility index (Phi) is 6.05. The fraction of sp³-hybridized carbons (Fsp3) is 0.222. The summed E-state index contributed by atoms with van der Waals surface area (Å²) >= 11 is 0. The number of methoxy groups -OCH3 is 1. The van der Waals surface area contributed by atoms with Crippen molar-refractivity contribution in [3.63, 3.8) is 0 Å². The van der Waals surface area contributed by atoms with Gasteiger partial charge < -0.3 is 9.72 Å².